The molecule has 36 heavy (non-hydrogen) atoms. The summed E-state index contributed by atoms with van der Waals surface area (Å²) in [4.78, 5) is 2.85. The van der Waals surface area contributed by atoms with Crippen molar-refractivity contribution >= 4 is 0 Å². The van der Waals surface area contributed by atoms with Crippen LogP contribution in [0.5, 0.6) is 0 Å². The van der Waals surface area contributed by atoms with Gasteiger partial charge in [0.25, 0.3) is 0 Å². The number of tetrazole rings is 2. The summed E-state index contributed by atoms with van der Waals surface area (Å²) in [5.41, 5.74) is 5.38. The second-order valence-electron chi connectivity index (χ2n) is 7.91. The van der Waals surface area contributed by atoms with Crippen LogP contribution < -0.4 is 0 Å². The van der Waals surface area contributed by atoms with Gasteiger partial charge < -0.3 is 0 Å². The Morgan fingerprint density at radius 2 is 0.917 bits per heavy atom. The van der Waals surface area contributed by atoms with E-state index in [0.29, 0.717) is 11.6 Å². The van der Waals surface area contributed by atoms with Gasteiger partial charge in [0.2, 0.25) is 0 Å². The second-order valence-corrected chi connectivity index (χ2v) is 7.91. The molecule has 188 valence electrons. The van der Waals surface area contributed by atoms with Gasteiger partial charge in [-0.25, -0.2) is 0 Å². The zero-order chi connectivity index (χ0) is 26.2. The Balaban J connectivity index is 0.000000179. The maximum atomic E-state index is 3.81. The van der Waals surface area contributed by atoms with Crippen LogP contribution in [0.2, 0.25) is 0 Å². The molecule has 0 bridgehead atoms. The number of hydrogen-bond acceptors (Lipinski definition) is 6. The van der Waals surface area contributed by atoms with Gasteiger partial charge in [0.15, 0.2) is 11.6 Å². The van der Waals surface area contributed by atoms with Crippen LogP contribution in [0.15, 0.2) is 84.9 Å². The Morgan fingerprint density at radius 3 is 1.22 bits per heavy atom. The molecule has 2 aromatic heterocycles. The Bertz CT molecular complexity index is 1160. The van der Waals surface area contributed by atoms with Crippen molar-refractivity contribution in [2.24, 2.45) is 14.1 Å². The van der Waals surface area contributed by atoms with Crippen LogP contribution in [-0.4, -0.2) is 40.4 Å². The summed E-state index contributed by atoms with van der Waals surface area (Å²) in [5.74, 6) is 1.42. The minimum Gasteiger partial charge on any atom is -0.167 e. The lowest BCUT2D eigenvalue weighted by Crippen LogP contribution is -1.91. The first-order valence-electron chi connectivity index (χ1n) is 12.0. The van der Waals surface area contributed by atoms with Gasteiger partial charge >= 0.3 is 0 Å². The van der Waals surface area contributed by atoms with Gasteiger partial charge in [-0.05, 0) is 59.4 Å². The van der Waals surface area contributed by atoms with Crippen molar-refractivity contribution < 1.29 is 0 Å². The summed E-state index contributed by atoms with van der Waals surface area (Å²) in [6.07, 6.45) is 2.25. The number of aryl methyl sites for hydroxylation is 6. The molecule has 0 aliphatic heterocycles. The van der Waals surface area contributed by atoms with E-state index in [0.717, 1.165) is 12.8 Å². The minimum absolute atomic E-state index is 0.711. The third-order valence-corrected chi connectivity index (χ3v) is 4.94. The van der Waals surface area contributed by atoms with Gasteiger partial charge in [-0.15, -0.1) is 20.4 Å². The normalized spacial score (nSPS) is 9.61. The van der Waals surface area contributed by atoms with Gasteiger partial charge in [-0.1, -0.05) is 98.8 Å². The van der Waals surface area contributed by atoms with Crippen molar-refractivity contribution in [3.63, 3.8) is 0 Å². The first-order chi connectivity index (χ1) is 17.4. The first kappa shape index (κ1) is 28.0. The number of aromatic nitrogens is 8. The maximum absolute atomic E-state index is 3.81. The molecule has 0 aliphatic carbocycles. The highest BCUT2D eigenvalue weighted by Crippen LogP contribution is 2.19. The molecular weight excluding hydrogens is 448 g/mol. The Hall–Kier alpha value is -4.20. The van der Waals surface area contributed by atoms with Gasteiger partial charge in [-0.2, -0.15) is 9.59 Å². The van der Waals surface area contributed by atoms with E-state index < -0.39 is 0 Å². The third-order valence-electron chi connectivity index (χ3n) is 4.94. The predicted molar refractivity (Wildman–Crippen MR) is 144 cm³/mol. The molecule has 8 nitrogen and oxygen atoms in total. The number of hydrogen-bond donors (Lipinski definition) is 0. The van der Waals surface area contributed by atoms with E-state index in [1.807, 2.05) is 12.1 Å². The molecule has 0 saturated heterocycles. The van der Waals surface area contributed by atoms with Crippen LogP contribution in [0.4, 0.5) is 0 Å². The number of rotatable bonds is 3. The molecule has 0 spiro atoms. The van der Waals surface area contributed by atoms with Gasteiger partial charge in [0, 0.05) is 0 Å². The third kappa shape index (κ3) is 10.8. The molecule has 5 rings (SSSR count). The van der Waals surface area contributed by atoms with Crippen molar-refractivity contribution in [2.75, 3.05) is 0 Å². The fraction of sp³-hybridized carbons (Fsp3) is 0.286. The Kier molecular flexibility index (Phi) is 12.2. The monoisotopic (exact) mass is 484 g/mol. The molecule has 0 N–H and O–H groups in total. The number of nitrogens with zero attached hydrogens (tertiary/aromatic N) is 8. The maximum Gasteiger partial charge on any atom is 0.171 e. The molecule has 8 heteroatoms. The molecule has 2 heterocycles. The summed E-state index contributed by atoms with van der Waals surface area (Å²) in [7, 11) is 3.47. The molecule has 0 atom stereocenters. The topological polar surface area (TPSA) is 87.2 Å². The fourth-order valence-electron chi connectivity index (χ4n) is 3.03. The second kappa shape index (κ2) is 15.7. The minimum atomic E-state index is 0.711. The van der Waals surface area contributed by atoms with E-state index in [1.54, 1.807) is 27.9 Å². The Morgan fingerprint density at radius 1 is 0.528 bits per heavy atom. The van der Waals surface area contributed by atoms with Crippen LogP contribution in [0.25, 0.3) is 11.1 Å². The van der Waals surface area contributed by atoms with Crippen molar-refractivity contribution in [1.82, 2.24) is 40.4 Å². The molecule has 0 unspecified atom stereocenters. The van der Waals surface area contributed by atoms with E-state index in [2.05, 4.69) is 117 Å². The van der Waals surface area contributed by atoms with Crippen molar-refractivity contribution in [3.8, 4) is 11.1 Å². The lowest BCUT2D eigenvalue weighted by Gasteiger charge is -2.02. The Labute approximate surface area is 214 Å². The quantitative estimate of drug-likeness (QED) is 0.350. The van der Waals surface area contributed by atoms with Crippen LogP contribution in [0.1, 0.15) is 36.6 Å². The highest BCUT2D eigenvalue weighted by molar-refractivity contribution is 5.63. The average Bonchev–Trinajstić information content (AvgIpc) is 3.50. The molecule has 0 aliphatic rings. The van der Waals surface area contributed by atoms with Gasteiger partial charge in [0.05, 0.1) is 14.1 Å². The molecule has 0 radical (unpaired) electrons. The largest absolute Gasteiger partial charge is 0.171 e. The van der Waals surface area contributed by atoms with Gasteiger partial charge in [-0.3, -0.25) is 0 Å². The lowest BCUT2D eigenvalue weighted by atomic mass is 10.0. The standard InChI is InChI=1S/C14H14.C8H10.2C3H6N4/c1-2-12-8-10-14(11-9-12)13-6-4-3-5-7-13;1-2-8-6-4-3-5-7-8;2*1-3-4-6-7(2)5-3/h3-11H,2H2,1H3;3-7H,2H2,1H3;2*1-2H3. The fourth-order valence-corrected chi connectivity index (χ4v) is 3.03. The average molecular weight is 485 g/mol. The summed E-state index contributed by atoms with van der Waals surface area (Å²) < 4.78 is 0. The van der Waals surface area contributed by atoms with E-state index >= 15 is 0 Å². The summed E-state index contributed by atoms with van der Waals surface area (Å²) in [6, 6.07) is 29.7. The molecule has 0 saturated carbocycles. The van der Waals surface area contributed by atoms with Crippen LogP contribution >= 0.6 is 0 Å². The van der Waals surface area contributed by atoms with Crippen LogP contribution in [-0.2, 0) is 26.9 Å². The molecule has 0 amide bonds. The first-order valence-corrected chi connectivity index (χ1v) is 12.0. The highest BCUT2D eigenvalue weighted by Gasteiger charge is 1.95. The SMILES string of the molecule is CCc1ccc(-c2ccccc2)cc1.CCc1ccccc1.Cc1nnn(C)n1.Cc1nnn(C)n1. The van der Waals surface area contributed by atoms with E-state index in [-0.39, 0.29) is 0 Å². The predicted octanol–water partition coefficient (Wildman–Crippen LogP) is 5.20. The van der Waals surface area contributed by atoms with Crippen molar-refractivity contribution in [3.05, 3.63) is 108 Å². The summed E-state index contributed by atoms with van der Waals surface area (Å²) in [5, 5.41) is 22.0. The molecule has 3 aromatic carbocycles. The molecule has 5 aromatic rings. The van der Waals surface area contributed by atoms with Crippen LogP contribution in [0.3, 0.4) is 0 Å². The smallest absolute Gasteiger partial charge is 0.167 e. The van der Waals surface area contributed by atoms with E-state index in [1.165, 1.54) is 31.8 Å². The number of benzene rings is 3. The lowest BCUT2D eigenvalue weighted by molar-refractivity contribution is 0.628. The molecular formula is C28H36N8. The van der Waals surface area contributed by atoms with Gasteiger partial charge in [0.1, 0.15) is 0 Å². The zero-order valence-corrected chi connectivity index (χ0v) is 22.1. The van der Waals surface area contributed by atoms with E-state index in [9.17, 15) is 0 Å². The van der Waals surface area contributed by atoms with Crippen molar-refractivity contribution in [2.45, 2.75) is 40.5 Å². The zero-order valence-electron chi connectivity index (χ0n) is 22.1. The highest BCUT2D eigenvalue weighted by atomic mass is 15.6. The summed E-state index contributed by atoms with van der Waals surface area (Å²) in [6.45, 7) is 7.94. The van der Waals surface area contributed by atoms with Crippen molar-refractivity contribution in [1.29, 1.82) is 0 Å². The summed E-state index contributed by atoms with van der Waals surface area (Å²) >= 11 is 0. The van der Waals surface area contributed by atoms with Crippen LogP contribution in [0, 0.1) is 13.8 Å². The molecule has 0 fully saturated rings. The van der Waals surface area contributed by atoms with E-state index in [4.69, 9.17) is 0 Å².